The van der Waals surface area contributed by atoms with Gasteiger partial charge in [0.05, 0.1) is 73.8 Å². The van der Waals surface area contributed by atoms with E-state index in [2.05, 4.69) is 20.1 Å². The van der Waals surface area contributed by atoms with Gasteiger partial charge in [0, 0.05) is 64.8 Å². The van der Waals surface area contributed by atoms with Gasteiger partial charge < -0.3 is 52.1 Å². The lowest BCUT2D eigenvalue weighted by atomic mass is 9.81. The van der Waals surface area contributed by atoms with Crippen LogP contribution in [-0.4, -0.2) is 136 Å². The molecule has 0 amide bonds. The fraction of sp³-hybridized carbons (Fsp3) is 0.886. The predicted octanol–water partition coefficient (Wildman–Crippen LogP) is 5.56. The highest BCUT2D eigenvalue weighted by molar-refractivity contribution is 5.79. The normalized spacial score (nSPS) is 49.5. The number of rotatable bonds is 8. The summed E-state index contributed by atoms with van der Waals surface area (Å²) in [5.74, 6) is -0.497. The molecule has 0 radical (unpaired) electrons. The SMILES string of the molecule is C=C1C[C@@H]2CC[C@@]34C[C@H]5O[C@H]6[C@@H](O3)[C@H]3O[C@H](CC[C@@H]3O[C@H]6[C@H]5O4)CC(=O)C[C@@H]3[C@@H](OC)[C@@H](C[C@@H](COCC)OCC)O[C@H]3C[C@H]3O[C@@H](CC[C@@H]1O2)C[C@@H](C)C3=C. The van der Waals surface area contributed by atoms with Gasteiger partial charge in [0.2, 0.25) is 0 Å². The van der Waals surface area contributed by atoms with Crippen molar-refractivity contribution >= 4 is 5.78 Å². The molecule has 12 heteroatoms. The minimum Gasteiger partial charge on any atom is -0.379 e. The van der Waals surface area contributed by atoms with Gasteiger partial charge in [-0.1, -0.05) is 20.1 Å². The molecule has 0 unspecified atom stereocenters. The van der Waals surface area contributed by atoms with Crippen molar-refractivity contribution in [2.24, 2.45) is 11.8 Å². The second-order valence-corrected chi connectivity index (χ2v) is 18.3. The first-order valence-corrected chi connectivity index (χ1v) is 22.0. The van der Waals surface area contributed by atoms with Gasteiger partial charge in [-0.15, -0.1) is 0 Å². The third kappa shape index (κ3) is 7.77. The van der Waals surface area contributed by atoms with Crippen LogP contribution in [0.5, 0.6) is 0 Å². The summed E-state index contributed by atoms with van der Waals surface area (Å²) in [6.45, 7) is 16.9. The molecule has 0 saturated carbocycles. The van der Waals surface area contributed by atoms with E-state index < -0.39 is 5.79 Å². The number of carbonyl (C=O) groups excluding carboxylic acids is 1. The highest BCUT2D eigenvalue weighted by Crippen LogP contribution is 2.54. The molecule has 10 saturated heterocycles. The summed E-state index contributed by atoms with van der Waals surface area (Å²) in [4.78, 5) is 14.3. The van der Waals surface area contributed by atoms with Gasteiger partial charge in [0.25, 0.3) is 0 Å². The van der Waals surface area contributed by atoms with Crippen molar-refractivity contribution in [1.29, 1.82) is 0 Å². The summed E-state index contributed by atoms with van der Waals surface area (Å²) in [5, 5.41) is 0. The number of ether oxygens (including phenoxy) is 11. The molecular formula is C44H66O12. The molecule has 1 spiro atoms. The first-order chi connectivity index (χ1) is 27.1. The Morgan fingerprint density at radius 3 is 2.34 bits per heavy atom. The number of fused-ring (bicyclic) bond motifs is 6. The average Bonchev–Trinajstić information content (AvgIpc) is 3.85. The van der Waals surface area contributed by atoms with Gasteiger partial charge >= 0.3 is 0 Å². The van der Waals surface area contributed by atoms with Crippen molar-refractivity contribution in [3.63, 3.8) is 0 Å². The molecule has 19 atom stereocenters. The molecular weight excluding hydrogens is 720 g/mol. The maximum absolute atomic E-state index is 14.3. The summed E-state index contributed by atoms with van der Waals surface area (Å²) in [7, 11) is 1.73. The molecule has 10 rings (SSSR count). The Bertz CT molecular complexity index is 1440. The van der Waals surface area contributed by atoms with Crippen LogP contribution in [0, 0.1) is 11.8 Å². The molecule has 0 aromatic carbocycles. The molecule has 10 aliphatic heterocycles. The van der Waals surface area contributed by atoms with E-state index in [-0.39, 0.29) is 109 Å². The van der Waals surface area contributed by atoms with Gasteiger partial charge in [-0.2, -0.15) is 0 Å². The molecule has 314 valence electrons. The van der Waals surface area contributed by atoms with Crippen LogP contribution in [-0.2, 0) is 56.9 Å². The maximum atomic E-state index is 14.3. The molecule has 10 fully saturated rings. The number of hydrogen-bond donors (Lipinski definition) is 0. The Kier molecular flexibility index (Phi) is 11.9. The topological polar surface area (TPSA) is 119 Å². The second kappa shape index (κ2) is 16.6. The minimum atomic E-state index is -0.774. The van der Waals surface area contributed by atoms with Crippen LogP contribution >= 0.6 is 0 Å². The van der Waals surface area contributed by atoms with Crippen LogP contribution in [0.3, 0.4) is 0 Å². The van der Waals surface area contributed by atoms with E-state index in [1.807, 2.05) is 13.8 Å². The molecule has 0 aromatic heterocycles. The van der Waals surface area contributed by atoms with Crippen LogP contribution in [0.2, 0.25) is 0 Å². The van der Waals surface area contributed by atoms with E-state index in [1.165, 1.54) is 0 Å². The molecule has 12 bridgehead atoms. The summed E-state index contributed by atoms with van der Waals surface area (Å²) in [6, 6.07) is 0. The van der Waals surface area contributed by atoms with E-state index in [1.54, 1.807) is 7.11 Å². The zero-order chi connectivity index (χ0) is 38.7. The molecule has 10 heterocycles. The van der Waals surface area contributed by atoms with Crippen molar-refractivity contribution in [2.75, 3.05) is 26.9 Å². The summed E-state index contributed by atoms with van der Waals surface area (Å²) in [6.07, 6.45) is 6.37. The summed E-state index contributed by atoms with van der Waals surface area (Å²) in [5.41, 5.74) is 2.25. The highest BCUT2D eigenvalue weighted by atomic mass is 16.8. The lowest BCUT2D eigenvalue weighted by Gasteiger charge is -2.47. The van der Waals surface area contributed by atoms with E-state index in [0.29, 0.717) is 64.3 Å². The van der Waals surface area contributed by atoms with Gasteiger partial charge in [-0.3, -0.25) is 4.79 Å². The van der Waals surface area contributed by atoms with E-state index in [4.69, 9.17) is 52.1 Å². The van der Waals surface area contributed by atoms with Gasteiger partial charge in [0.1, 0.15) is 36.3 Å². The monoisotopic (exact) mass is 786 g/mol. The fourth-order valence-corrected chi connectivity index (χ4v) is 11.8. The molecule has 10 aliphatic rings. The minimum absolute atomic E-state index is 0.00557. The molecule has 0 aromatic rings. The second-order valence-electron chi connectivity index (χ2n) is 18.3. The maximum Gasteiger partial charge on any atom is 0.172 e. The molecule has 0 N–H and O–H groups in total. The van der Waals surface area contributed by atoms with Crippen LogP contribution in [0.15, 0.2) is 24.3 Å². The Morgan fingerprint density at radius 2 is 1.52 bits per heavy atom. The van der Waals surface area contributed by atoms with Crippen LogP contribution in [0.1, 0.15) is 104 Å². The predicted molar refractivity (Wildman–Crippen MR) is 203 cm³/mol. The largest absolute Gasteiger partial charge is 0.379 e. The smallest absolute Gasteiger partial charge is 0.172 e. The quantitative estimate of drug-likeness (QED) is 0.287. The molecule has 12 nitrogen and oxygen atoms in total. The number of hydrogen-bond acceptors (Lipinski definition) is 12. The van der Waals surface area contributed by atoms with Crippen molar-refractivity contribution < 1.29 is 56.9 Å². The van der Waals surface area contributed by atoms with Gasteiger partial charge in [-0.05, 0) is 75.9 Å². The van der Waals surface area contributed by atoms with Crippen LogP contribution < -0.4 is 0 Å². The van der Waals surface area contributed by atoms with Crippen LogP contribution in [0.4, 0.5) is 0 Å². The lowest BCUT2D eigenvalue weighted by molar-refractivity contribution is -0.292. The first-order valence-electron chi connectivity index (χ1n) is 22.0. The lowest BCUT2D eigenvalue weighted by Crippen LogP contribution is -2.61. The van der Waals surface area contributed by atoms with Gasteiger partial charge in [-0.25, -0.2) is 0 Å². The van der Waals surface area contributed by atoms with E-state index >= 15 is 0 Å². The Labute approximate surface area is 332 Å². The van der Waals surface area contributed by atoms with Crippen molar-refractivity contribution in [2.45, 2.75) is 208 Å². The third-order valence-corrected chi connectivity index (χ3v) is 14.6. The van der Waals surface area contributed by atoms with Crippen molar-refractivity contribution in [1.82, 2.24) is 0 Å². The number of Topliss-reactive ketones (excluding diaryl/α,β-unsaturated/α-hetero) is 1. The van der Waals surface area contributed by atoms with Crippen LogP contribution in [0.25, 0.3) is 0 Å². The third-order valence-electron chi connectivity index (χ3n) is 14.6. The van der Waals surface area contributed by atoms with Crippen molar-refractivity contribution in [3.05, 3.63) is 24.3 Å². The van der Waals surface area contributed by atoms with Crippen molar-refractivity contribution in [3.8, 4) is 0 Å². The van der Waals surface area contributed by atoms with E-state index in [0.717, 1.165) is 56.1 Å². The van der Waals surface area contributed by atoms with E-state index in [9.17, 15) is 4.79 Å². The first kappa shape index (κ1) is 40.1. The fourth-order valence-electron chi connectivity index (χ4n) is 11.8. The number of carbonyl (C=O) groups is 1. The molecule has 56 heavy (non-hydrogen) atoms. The summed E-state index contributed by atoms with van der Waals surface area (Å²) >= 11 is 0. The zero-order valence-electron chi connectivity index (χ0n) is 34.0. The van der Waals surface area contributed by atoms with Gasteiger partial charge in [0.15, 0.2) is 5.79 Å². The number of methoxy groups -OCH3 is 1. The average molecular weight is 787 g/mol. The molecule has 0 aliphatic carbocycles. The Morgan fingerprint density at radius 1 is 0.750 bits per heavy atom. The zero-order valence-corrected chi connectivity index (χ0v) is 34.0. The highest BCUT2D eigenvalue weighted by Gasteiger charge is 2.68. The standard InChI is InChI=1S/C44H66O12/c1-7-47-22-30(48-8-2)19-36-38(46-6)31-18-26(45)17-28-10-12-33-39(51-28)43-42-41(53-33)40-37(54-42)21-44(55-40,56-43)14-13-29-16-24(4)32(49-29)11-9-27-15-23(3)25(5)34(50-27)20-35(31)52-36/h23,27-43H,4-5,7-22H2,1-3,6H3/t23-,27+,28-,29+,30+,31+,32+,33+,34-,35+,36-,37-,38-,39+,40+,41+,42-,43+,44+/m1/s1. The Hall–Kier alpha value is -1.29. The summed E-state index contributed by atoms with van der Waals surface area (Å²) < 4.78 is 72.7. The Balaban J connectivity index is 0.985. The number of ketones is 1.